The van der Waals surface area contributed by atoms with Gasteiger partial charge in [0.15, 0.2) is 0 Å². The zero-order chi connectivity index (χ0) is 16.0. The van der Waals surface area contributed by atoms with Crippen LogP contribution in [0.4, 0.5) is 0 Å². The van der Waals surface area contributed by atoms with Gasteiger partial charge in [-0.25, -0.2) is 0 Å². The lowest BCUT2D eigenvalue weighted by Crippen LogP contribution is -2.63. The van der Waals surface area contributed by atoms with E-state index in [1.54, 1.807) is 0 Å². The number of fused-ring (bicyclic) bond motifs is 3. The fourth-order valence-electron chi connectivity index (χ4n) is 7.68. The maximum absolute atomic E-state index is 10.6. The maximum Gasteiger partial charge on any atom is 0.0738 e. The topological polar surface area (TPSA) is 49.7 Å². The summed E-state index contributed by atoms with van der Waals surface area (Å²) in [5, 5.41) is 20.8. The van der Waals surface area contributed by atoms with E-state index in [4.69, 9.17) is 4.74 Å². The van der Waals surface area contributed by atoms with Crippen LogP contribution in [0, 0.1) is 28.6 Å². The molecule has 4 saturated carbocycles. The molecule has 5 aliphatic rings. The fourth-order valence-corrected chi connectivity index (χ4v) is 8.98. The van der Waals surface area contributed by atoms with Crippen molar-refractivity contribution >= 4 is 15.9 Å². The van der Waals surface area contributed by atoms with Crippen molar-refractivity contribution < 1.29 is 14.9 Å². The molecule has 1 saturated heterocycles. The second kappa shape index (κ2) is 4.75. The Morgan fingerprint density at radius 1 is 1.04 bits per heavy atom. The Labute approximate surface area is 147 Å². The van der Waals surface area contributed by atoms with Gasteiger partial charge in [-0.2, -0.15) is 0 Å². The summed E-state index contributed by atoms with van der Waals surface area (Å²) >= 11 is 4.12. The first-order valence-electron chi connectivity index (χ1n) is 9.57. The minimum Gasteiger partial charge on any atom is -0.393 e. The molecule has 130 valence electrons. The molecule has 9 atom stereocenters. The molecule has 23 heavy (non-hydrogen) atoms. The predicted molar refractivity (Wildman–Crippen MR) is 91.4 cm³/mol. The average Bonchev–Trinajstić information content (AvgIpc) is 2.88. The fraction of sp³-hybridized carbons (Fsp3) is 1.00. The number of rotatable bonds is 0. The average molecular weight is 385 g/mol. The monoisotopic (exact) mass is 384 g/mol. The third-order valence-electron chi connectivity index (χ3n) is 8.92. The minimum absolute atomic E-state index is 0.0101. The van der Waals surface area contributed by atoms with Crippen molar-refractivity contribution in [2.75, 3.05) is 6.61 Å². The Bertz CT molecular complexity index is 527. The third kappa shape index (κ3) is 1.72. The largest absolute Gasteiger partial charge is 0.393 e. The molecule has 0 spiro atoms. The standard InChI is InChI=1S/C19H29BrO3/c1-17-6-5-14-12(13(17)2-3-15(17)22)8-16-19(20)9-11(21)4-7-18(14,19)10-23-16/h11-16,21-22H,2-10H2,1H3/t11-,12-,13-,14-,15-,16-,17-,18-,19-/m0/s1. The number of hydrogen-bond donors (Lipinski definition) is 2. The zero-order valence-electron chi connectivity index (χ0n) is 14.0. The molecule has 0 amide bonds. The Morgan fingerprint density at radius 2 is 1.87 bits per heavy atom. The Morgan fingerprint density at radius 3 is 2.70 bits per heavy atom. The summed E-state index contributed by atoms with van der Waals surface area (Å²) in [4.78, 5) is 0. The normalized spacial score (nSPS) is 64.2. The van der Waals surface area contributed by atoms with Crippen LogP contribution in [0.15, 0.2) is 0 Å². The van der Waals surface area contributed by atoms with E-state index in [1.165, 1.54) is 12.8 Å². The SMILES string of the molecule is C[C@]12CC[C@H]3[C@@H](C[C@@H]4OC[C@@]35CC[C@H](O)C[C@]45Br)[C@@H]1CC[C@@H]2O. The number of halogens is 1. The minimum atomic E-state index is -0.176. The van der Waals surface area contributed by atoms with Crippen LogP contribution in [-0.4, -0.2) is 39.5 Å². The molecular formula is C19H29BrO3. The second-order valence-corrected chi connectivity index (χ2v) is 10.9. The van der Waals surface area contributed by atoms with Crippen LogP contribution in [0.2, 0.25) is 0 Å². The molecule has 2 bridgehead atoms. The molecule has 0 unspecified atom stereocenters. The summed E-state index contributed by atoms with van der Waals surface area (Å²) in [5.74, 6) is 2.08. The van der Waals surface area contributed by atoms with E-state index >= 15 is 0 Å². The highest BCUT2D eigenvalue weighted by Gasteiger charge is 2.72. The highest BCUT2D eigenvalue weighted by Crippen LogP contribution is 2.72. The van der Waals surface area contributed by atoms with Crippen molar-refractivity contribution in [2.45, 2.75) is 80.9 Å². The summed E-state index contributed by atoms with van der Waals surface area (Å²) < 4.78 is 6.34. The zero-order valence-corrected chi connectivity index (χ0v) is 15.6. The highest BCUT2D eigenvalue weighted by molar-refractivity contribution is 9.10. The molecule has 0 aromatic rings. The summed E-state index contributed by atoms with van der Waals surface area (Å²) in [5.41, 5.74) is 0.354. The molecule has 1 aliphatic heterocycles. The van der Waals surface area contributed by atoms with Gasteiger partial charge >= 0.3 is 0 Å². The maximum atomic E-state index is 10.6. The molecule has 4 aliphatic carbocycles. The number of aliphatic hydroxyl groups is 2. The quantitative estimate of drug-likeness (QED) is 0.630. The number of aliphatic hydroxyl groups excluding tert-OH is 2. The van der Waals surface area contributed by atoms with Crippen LogP contribution in [0.5, 0.6) is 0 Å². The van der Waals surface area contributed by atoms with E-state index in [9.17, 15) is 10.2 Å². The van der Waals surface area contributed by atoms with Gasteiger partial charge in [-0.05, 0) is 74.5 Å². The van der Waals surface area contributed by atoms with Gasteiger partial charge in [0.2, 0.25) is 0 Å². The van der Waals surface area contributed by atoms with Gasteiger partial charge in [0, 0.05) is 5.41 Å². The number of hydrogen-bond acceptors (Lipinski definition) is 3. The Balaban J connectivity index is 1.55. The first-order valence-corrected chi connectivity index (χ1v) is 10.4. The van der Waals surface area contributed by atoms with Gasteiger partial charge in [0.25, 0.3) is 0 Å². The summed E-state index contributed by atoms with van der Waals surface area (Å²) in [6.45, 7) is 3.22. The first kappa shape index (κ1) is 15.6. The summed E-state index contributed by atoms with van der Waals surface area (Å²) in [6.07, 6.45) is 8.55. The Hall–Kier alpha value is 0.360. The molecule has 4 heteroatoms. The van der Waals surface area contributed by atoms with E-state index in [0.717, 1.165) is 45.1 Å². The molecular weight excluding hydrogens is 356 g/mol. The van der Waals surface area contributed by atoms with Crippen molar-refractivity contribution in [3.05, 3.63) is 0 Å². The third-order valence-corrected chi connectivity index (χ3v) is 10.5. The van der Waals surface area contributed by atoms with Crippen LogP contribution in [0.25, 0.3) is 0 Å². The van der Waals surface area contributed by atoms with Crippen LogP contribution < -0.4 is 0 Å². The van der Waals surface area contributed by atoms with Crippen molar-refractivity contribution in [3.63, 3.8) is 0 Å². The molecule has 0 aromatic heterocycles. The number of ether oxygens (including phenoxy) is 1. The summed E-state index contributed by atoms with van der Waals surface area (Å²) in [7, 11) is 0. The van der Waals surface area contributed by atoms with Crippen LogP contribution in [0.1, 0.15) is 58.3 Å². The molecule has 0 aromatic carbocycles. The summed E-state index contributed by atoms with van der Waals surface area (Å²) in [6, 6.07) is 0. The molecule has 2 N–H and O–H groups in total. The lowest BCUT2D eigenvalue weighted by Gasteiger charge is -2.62. The van der Waals surface area contributed by atoms with Crippen molar-refractivity contribution in [3.8, 4) is 0 Å². The molecule has 0 radical (unpaired) electrons. The molecule has 3 nitrogen and oxygen atoms in total. The van der Waals surface area contributed by atoms with Gasteiger partial charge in [0.05, 0.1) is 29.2 Å². The van der Waals surface area contributed by atoms with E-state index < -0.39 is 0 Å². The highest BCUT2D eigenvalue weighted by atomic mass is 79.9. The Kier molecular flexibility index (Phi) is 3.22. The van der Waals surface area contributed by atoms with E-state index in [-0.39, 0.29) is 33.5 Å². The second-order valence-electron chi connectivity index (χ2n) is 9.47. The number of alkyl halides is 1. The van der Waals surface area contributed by atoms with Crippen LogP contribution in [-0.2, 0) is 4.74 Å². The van der Waals surface area contributed by atoms with Crippen molar-refractivity contribution in [2.24, 2.45) is 28.6 Å². The van der Waals surface area contributed by atoms with E-state index in [2.05, 4.69) is 22.9 Å². The van der Waals surface area contributed by atoms with Gasteiger partial charge in [-0.1, -0.05) is 22.9 Å². The lowest BCUT2D eigenvalue weighted by molar-refractivity contribution is -0.112. The van der Waals surface area contributed by atoms with Gasteiger partial charge in [-0.15, -0.1) is 0 Å². The first-order chi connectivity index (χ1) is 10.9. The molecule has 5 fully saturated rings. The molecule has 5 rings (SSSR count). The predicted octanol–water partition coefficient (Wildman–Crippen LogP) is 3.26. The van der Waals surface area contributed by atoms with Crippen molar-refractivity contribution in [1.29, 1.82) is 0 Å². The van der Waals surface area contributed by atoms with Crippen molar-refractivity contribution in [1.82, 2.24) is 0 Å². The van der Waals surface area contributed by atoms with Gasteiger partial charge in [-0.3, -0.25) is 0 Å². The smallest absolute Gasteiger partial charge is 0.0738 e. The van der Waals surface area contributed by atoms with E-state index in [1.807, 2.05) is 0 Å². The molecule has 1 heterocycles. The van der Waals surface area contributed by atoms with Crippen LogP contribution in [0.3, 0.4) is 0 Å². The van der Waals surface area contributed by atoms with Gasteiger partial charge < -0.3 is 14.9 Å². The van der Waals surface area contributed by atoms with Crippen LogP contribution >= 0.6 is 15.9 Å². The van der Waals surface area contributed by atoms with E-state index in [0.29, 0.717) is 17.8 Å². The van der Waals surface area contributed by atoms with Gasteiger partial charge in [0.1, 0.15) is 0 Å². The lowest BCUT2D eigenvalue weighted by atomic mass is 9.45.